The number of amides is 1. The fraction of sp³-hybridized carbons (Fsp3) is 0.370. The molecule has 1 amide bonds. The van der Waals surface area contributed by atoms with E-state index in [0.717, 1.165) is 69.5 Å². The van der Waals surface area contributed by atoms with Crippen molar-refractivity contribution in [1.82, 2.24) is 20.4 Å². The number of anilines is 2. The average molecular weight is 493 g/mol. The van der Waals surface area contributed by atoms with E-state index in [1.54, 1.807) is 17.4 Å². The van der Waals surface area contributed by atoms with Crippen LogP contribution in [0.4, 0.5) is 10.9 Å². The van der Waals surface area contributed by atoms with Gasteiger partial charge in [-0.15, -0.1) is 15.3 Å². The molecule has 0 fully saturated rings. The van der Waals surface area contributed by atoms with Crippen molar-refractivity contribution in [1.29, 1.82) is 0 Å². The molecule has 0 saturated heterocycles. The minimum Gasteiger partial charge on any atom is -0.334 e. The lowest BCUT2D eigenvalue weighted by Gasteiger charge is -2.07. The van der Waals surface area contributed by atoms with Crippen LogP contribution in [0.3, 0.4) is 0 Å². The van der Waals surface area contributed by atoms with E-state index in [1.165, 1.54) is 0 Å². The SMILES string of the molecule is C=C(/C=C(/C)C(=C)C)CC(=C)Nc1nnc(CCCCc2ccc(NC(=O)C/C(C)=C/C)nn2)s1. The Bertz CT molecular complexity index is 1110. The molecule has 186 valence electrons. The summed E-state index contributed by atoms with van der Waals surface area (Å²) in [5, 5.41) is 24.6. The van der Waals surface area contributed by atoms with Crippen molar-refractivity contribution < 1.29 is 4.79 Å². The number of hydrogen-bond acceptors (Lipinski definition) is 7. The van der Waals surface area contributed by atoms with Crippen LogP contribution in [0.25, 0.3) is 0 Å². The zero-order chi connectivity index (χ0) is 25.8. The minimum atomic E-state index is -0.0863. The van der Waals surface area contributed by atoms with Gasteiger partial charge < -0.3 is 10.6 Å². The van der Waals surface area contributed by atoms with Gasteiger partial charge in [-0.25, -0.2) is 0 Å². The van der Waals surface area contributed by atoms with E-state index in [-0.39, 0.29) is 5.91 Å². The summed E-state index contributed by atoms with van der Waals surface area (Å²) in [4.78, 5) is 11.9. The summed E-state index contributed by atoms with van der Waals surface area (Å²) >= 11 is 1.54. The number of hydrogen-bond donors (Lipinski definition) is 2. The third kappa shape index (κ3) is 10.6. The van der Waals surface area contributed by atoms with Crippen molar-refractivity contribution in [2.75, 3.05) is 10.6 Å². The van der Waals surface area contributed by atoms with Gasteiger partial charge in [-0.05, 0) is 70.2 Å². The molecule has 2 aromatic heterocycles. The summed E-state index contributed by atoms with van der Waals surface area (Å²) in [6, 6.07) is 3.70. The second-order valence-electron chi connectivity index (χ2n) is 8.65. The Morgan fingerprint density at radius 3 is 2.37 bits per heavy atom. The molecule has 2 aromatic rings. The van der Waals surface area contributed by atoms with Crippen LogP contribution >= 0.6 is 11.3 Å². The Kier molecular flexibility index (Phi) is 11.2. The summed E-state index contributed by atoms with van der Waals surface area (Å²) < 4.78 is 0. The molecule has 7 nitrogen and oxygen atoms in total. The highest BCUT2D eigenvalue weighted by Crippen LogP contribution is 2.21. The van der Waals surface area contributed by atoms with Gasteiger partial charge in [-0.3, -0.25) is 4.79 Å². The summed E-state index contributed by atoms with van der Waals surface area (Å²) in [6.45, 7) is 20.0. The number of nitrogens with zero attached hydrogens (tertiary/aromatic N) is 4. The van der Waals surface area contributed by atoms with E-state index >= 15 is 0 Å². The van der Waals surface area contributed by atoms with Crippen molar-refractivity contribution in [3.05, 3.63) is 82.7 Å². The molecular weight excluding hydrogens is 456 g/mol. The summed E-state index contributed by atoms with van der Waals surface area (Å²) in [5.41, 5.74) is 5.86. The molecule has 2 rings (SSSR count). The van der Waals surface area contributed by atoms with Crippen LogP contribution < -0.4 is 10.6 Å². The van der Waals surface area contributed by atoms with Crippen LogP contribution in [-0.4, -0.2) is 26.3 Å². The van der Waals surface area contributed by atoms with Crippen LogP contribution in [0.5, 0.6) is 0 Å². The van der Waals surface area contributed by atoms with Gasteiger partial charge in [0.05, 0.1) is 5.69 Å². The Balaban J connectivity index is 1.71. The first kappa shape index (κ1) is 27.9. The summed E-state index contributed by atoms with van der Waals surface area (Å²) in [5.74, 6) is 0.389. The maximum atomic E-state index is 11.9. The van der Waals surface area contributed by atoms with Crippen LogP contribution in [0.15, 0.2) is 72.0 Å². The van der Waals surface area contributed by atoms with Gasteiger partial charge in [-0.2, -0.15) is 5.10 Å². The molecule has 0 aliphatic heterocycles. The third-order valence-electron chi connectivity index (χ3n) is 5.28. The van der Waals surface area contributed by atoms with Crippen molar-refractivity contribution in [2.45, 2.75) is 66.2 Å². The van der Waals surface area contributed by atoms with Crippen molar-refractivity contribution >= 4 is 28.2 Å². The van der Waals surface area contributed by atoms with Crippen molar-refractivity contribution in [3.63, 3.8) is 0 Å². The first-order valence-corrected chi connectivity index (χ1v) is 12.5. The Labute approximate surface area is 212 Å². The molecule has 0 saturated carbocycles. The van der Waals surface area contributed by atoms with Crippen LogP contribution in [0.2, 0.25) is 0 Å². The predicted octanol–water partition coefficient (Wildman–Crippen LogP) is 6.58. The second-order valence-corrected chi connectivity index (χ2v) is 9.71. The molecule has 8 heteroatoms. The lowest BCUT2D eigenvalue weighted by molar-refractivity contribution is -0.115. The van der Waals surface area contributed by atoms with Gasteiger partial charge in [0.15, 0.2) is 5.82 Å². The number of carbonyl (C=O) groups is 1. The molecule has 0 atom stereocenters. The molecule has 0 aliphatic carbocycles. The van der Waals surface area contributed by atoms with Crippen LogP contribution in [0.1, 0.15) is 64.1 Å². The molecule has 0 spiro atoms. The number of rotatable bonds is 14. The number of carbonyl (C=O) groups excluding carboxylic acids is 1. The maximum absolute atomic E-state index is 11.9. The number of aryl methyl sites for hydroxylation is 2. The molecule has 0 bridgehead atoms. The van der Waals surface area contributed by atoms with E-state index < -0.39 is 0 Å². The van der Waals surface area contributed by atoms with Crippen molar-refractivity contribution in [2.24, 2.45) is 0 Å². The van der Waals surface area contributed by atoms with E-state index in [4.69, 9.17) is 0 Å². The molecule has 2 N–H and O–H groups in total. The summed E-state index contributed by atoms with van der Waals surface area (Å²) in [6.07, 6.45) is 8.56. The Morgan fingerprint density at radius 1 is 0.971 bits per heavy atom. The van der Waals surface area contributed by atoms with Gasteiger partial charge in [0, 0.05) is 25.0 Å². The highest BCUT2D eigenvalue weighted by atomic mass is 32.1. The quantitative estimate of drug-likeness (QED) is 0.176. The van der Waals surface area contributed by atoms with Gasteiger partial charge in [-0.1, -0.05) is 54.4 Å². The fourth-order valence-electron chi connectivity index (χ4n) is 3.04. The lowest BCUT2D eigenvalue weighted by atomic mass is 10.1. The fourth-order valence-corrected chi connectivity index (χ4v) is 3.87. The topological polar surface area (TPSA) is 92.7 Å². The third-order valence-corrected chi connectivity index (χ3v) is 6.18. The molecule has 0 aliphatic rings. The maximum Gasteiger partial charge on any atom is 0.229 e. The molecule has 2 heterocycles. The molecule has 0 unspecified atom stereocenters. The molecule has 35 heavy (non-hydrogen) atoms. The van der Waals surface area contributed by atoms with Gasteiger partial charge in [0.25, 0.3) is 0 Å². The zero-order valence-corrected chi connectivity index (χ0v) is 22.1. The number of nitrogens with one attached hydrogen (secondary N) is 2. The van der Waals surface area contributed by atoms with Gasteiger partial charge in [0.1, 0.15) is 5.01 Å². The monoisotopic (exact) mass is 492 g/mol. The predicted molar refractivity (Wildman–Crippen MR) is 146 cm³/mol. The molecule has 0 radical (unpaired) electrons. The van der Waals surface area contributed by atoms with Crippen LogP contribution in [-0.2, 0) is 17.6 Å². The highest BCUT2D eigenvalue weighted by molar-refractivity contribution is 7.15. The number of allylic oxidation sites excluding steroid dienone is 5. The second kappa shape index (κ2) is 14.1. The zero-order valence-electron chi connectivity index (χ0n) is 21.3. The first-order chi connectivity index (χ1) is 16.7. The smallest absolute Gasteiger partial charge is 0.229 e. The van der Waals surface area contributed by atoms with Gasteiger partial charge >= 0.3 is 0 Å². The van der Waals surface area contributed by atoms with Crippen molar-refractivity contribution in [3.8, 4) is 0 Å². The number of aromatic nitrogens is 4. The summed E-state index contributed by atoms with van der Waals surface area (Å²) in [7, 11) is 0. The molecular formula is C27H36N6OS. The highest BCUT2D eigenvalue weighted by Gasteiger charge is 2.08. The van der Waals surface area contributed by atoms with E-state index in [9.17, 15) is 4.79 Å². The van der Waals surface area contributed by atoms with E-state index in [0.29, 0.717) is 18.7 Å². The van der Waals surface area contributed by atoms with Gasteiger partial charge in [0.2, 0.25) is 11.0 Å². The minimum absolute atomic E-state index is 0.0863. The van der Waals surface area contributed by atoms with E-state index in [2.05, 4.69) is 50.8 Å². The molecule has 0 aromatic carbocycles. The number of unbranched alkanes of at least 4 members (excludes halogenated alkanes) is 1. The lowest BCUT2D eigenvalue weighted by Crippen LogP contribution is -2.13. The average Bonchev–Trinajstić information content (AvgIpc) is 3.24. The van der Waals surface area contributed by atoms with E-state index in [1.807, 2.05) is 45.9 Å². The normalized spacial score (nSPS) is 11.8. The largest absolute Gasteiger partial charge is 0.334 e. The van der Waals surface area contributed by atoms with Crippen LogP contribution in [0, 0.1) is 0 Å². The Morgan fingerprint density at radius 2 is 1.71 bits per heavy atom. The standard InChI is InChI=1S/C27H36N6OS/c1-8-19(4)17-25(34)29-24-14-13-23(30-31-24)11-9-10-12-26-32-33-27(35-26)28-22(7)16-20(5)15-21(6)18(2)3/h8,13-15H,2,5,7,9-12,16-17H2,1,3-4,6H3,(H,28,33)(H,29,31,34)/b19-8+,21-15-. The Hall–Kier alpha value is -3.39. The first-order valence-electron chi connectivity index (χ1n) is 11.7.